The van der Waals surface area contributed by atoms with E-state index < -0.39 is 47.4 Å². The van der Waals surface area contributed by atoms with Crippen molar-refractivity contribution in [1.82, 2.24) is 0 Å². The van der Waals surface area contributed by atoms with Crippen molar-refractivity contribution in [2.45, 2.75) is 30.4 Å². The van der Waals surface area contributed by atoms with Crippen LogP contribution >= 0.6 is 0 Å². The van der Waals surface area contributed by atoms with Crippen molar-refractivity contribution in [3.8, 4) is 0 Å². The summed E-state index contributed by atoms with van der Waals surface area (Å²) in [6, 6.07) is 0. The Balaban J connectivity index is 2.99. The first-order chi connectivity index (χ1) is 7.60. The molecule has 1 aliphatic heterocycles. The van der Waals surface area contributed by atoms with Gasteiger partial charge in [-0.3, -0.25) is 4.55 Å². The molecule has 0 saturated carbocycles. The molecular formula is C6H12O10S. The third kappa shape index (κ3) is 3.09. The summed E-state index contributed by atoms with van der Waals surface area (Å²) in [4.78, 5) is 0. The quantitative estimate of drug-likeness (QED) is 0.220. The van der Waals surface area contributed by atoms with Gasteiger partial charge in [0, 0.05) is 0 Å². The first-order valence-electron chi connectivity index (χ1n) is 4.34. The topological polar surface area (TPSA) is 174 Å². The molecule has 1 unspecified atom stereocenters. The van der Waals surface area contributed by atoms with Crippen molar-refractivity contribution < 1.29 is 47.4 Å². The zero-order chi connectivity index (χ0) is 13.4. The Labute approximate surface area is 95.6 Å². The standard InChI is InChI=1S/C6H12O10S/c7-1-2-3(8)4(9)5(10)6(11,15-2)16-17(12,13)14/h2-5,7-11H,1H2,(H,12,13,14)/t2-,3+,4+,5-,6?/m1/s1. The van der Waals surface area contributed by atoms with Crippen LogP contribution in [0.25, 0.3) is 0 Å². The van der Waals surface area contributed by atoms with Gasteiger partial charge in [-0.05, 0) is 0 Å². The summed E-state index contributed by atoms with van der Waals surface area (Å²) in [5.74, 6) is -3.31. The van der Waals surface area contributed by atoms with E-state index in [0.29, 0.717) is 0 Å². The SMILES string of the molecule is O=S(=O)(O)OC1(O)O[C@H](CO)[C@H](O)[C@H](O)[C@H]1O. The fourth-order valence-corrected chi connectivity index (χ4v) is 1.78. The van der Waals surface area contributed by atoms with Gasteiger partial charge in [-0.2, -0.15) is 12.6 Å². The molecule has 5 atom stereocenters. The molecule has 1 saturated heterocycles. The smallest absolute Gasteiger partial charge is 0.394 e. The Morgan fingerprint density at radius 3 is 2.18 bits per heavy atom. The molecule has 6 N–H and O–H groups in total. The van der Waals surface area contributed by atoms with Crippen molar-refractivity contribution >= 4 is 10.4 Å². The van der Waals surface area contributed by atoms with E-state index >= 15 is 0 Å². The van der Waals surface area contributed by atoms with Crippen LogP contribution in [0.2, 0.25) is 0 Å². The molecule has 102 valence electrons. The molecule has 1 heterocycles. The Kier molecular flexibility index (Phi) is 4.08. The van der Waals surface area contributed by atoms with E-state index in [-0.39, 0.29) is 0 Å². The maximum atomic E-state index is 10.4. The maximum absolute atomic E-state index is 10.4. The van der Waals surface area contributed by atoms with Crippen LogP contribution in [0.15, 0.2) is 0 Å². The Morgan fingerprint density at radius 1 is 1.24 bits per heavy atom. The molecule has 11 heteroatoms. The van der Waals surface area contributed by atoms with E-state index in [2.05, 4.69) is 8.92 Å². The van der Waals surface area contributed by atoms with Crippen LogP contribution in [-0.4, -0.2) is 75.5 Å². The van der Waals surface area contributed by atoms with Gasteiger partial charge in [0.05, 0.1) is 6.61 Å². The summed E-state index contributed by atoms with van der Waals surface area (Å²) in [6.45, 7) is -0.901. The second kappa shape index (κ2) is 4.72. The number of ether oxygens (including phenoxy) is 1. The molecule has 10 nitrogen and oxygen atoms in total. The predicted molar refractivity (Wildman–Crippen MR) is 47.6 cm³/mol. The van der Waals surface area contributed by atoms with Crippen molar-refractivity contribution in [1.29, 1.82) is 0 Å². The molecule has 0 aliphatic carbocycles. The monoisotopic (exact) mass is 276 g/mol. The number of aliphatic hydroxyl groups excluding tert-OH is 4. The predicted octanol–water partition coefficient (Wildman–Crippen LogP) is -4.07. The second-order valence-corrected chi connectivity index (χ2v) is 4.43. The molecule has 1 fully saturated rings. The maximum Gasteiger partial charge on any atom is 0.402 e. The lowest BCUT2D eigenvalue weighted by Gasteiger charge is -2.43. The highest BCUT2D eigenvalue weighted by atomic mass is 32.3. The third-order valence-electron chi connectivity index (χ3n) is 2.15. The molecular weight excluding hydrogens is 264 g/mol. The van der Waals surface area contributed by atoms with E-state index in [0.717, 1.165) is 0 Å². The number of aliphatic hydroxyl groups is 5. The van der Waals surface area contributed by atoms with Crippen molar-refractivity contribution in [3.05, 3.63) is 0 Å². The van der Waals surface area contributed by atoms with Gasteiger partial charge in [0.2, 0.25) is 0 Å². The van der Waals surface area contributed by atoms with Gasteiger partial charge >= 0.3 is 16.4 Å². The highest BCUT2D eigenvalue weighted by Gasteiger charge is 2.56. The fourth-order valence-electron chi connectivity index (χ4n) is 1.34. The van der Waals surface area contributed by atoms with Crippen LogP contribution in [0.1, 0.15) is 0 Å². The van der Waals surface area contributed by atoms with Gasteiger partial charge in [0.1, 0.15) is 18.3 Å². The van der Waals surface area contributed by atoms with E-state index in [4.69, 9.17) is 9.66 Å². The summed E-state index contributed by atoms with van der Waals surface area (Å²) in [5.41, 5.74) is 0. The van der Waals surface area contributed by atoms with E-state index in [9.17, 15) is 28.8 Å². The molecule has 0 bridgehead atoms. The summed E-state index contributed by atoms with van der Waals surface area (Å²) >= 11 is 0. The largest absolute Gasteiger partial charge is 0.402 e. The average Bonchev–Trinajstić information content (AvgIpc) is 2.18. The second-order valence-electron chi connectivity index (χ2n) is 3.41. The molecule has 0 amide bonds. The van der Waals surface area contributed by atoms with Crippen LogP contribution < -0.4 is 0 Å². The summed E-state index contributed by atoms with van der Waals surface area (Å²) in [7, 11) is -5.20. The third-order valence-corrected chi connectivity index (χ3v) is 2.60. The minimum Gasteiger partial charge on any atom is -0.394 e. The van der Waals surface area contributed by atoms with Crippen LogP contribution in [0, 0.1) is 0 Å². The summed E-state index contributed by atoms with van der Waals surface area (Å²) in [6.07, 6.45) is -7.81. The molecule has 0 aromatic heterocycles. The van der Waals surface area contributed by atoms with Gasteiger partial charge in [-0.25, -0.2) is 0 Å². The molecule has 1 aliphatic rings. The highest BCUT2D eigenvalue weighted by molar-refractivity contribution is 7.80. The minimum absolute atomic E-state index is 0.901. The number of rotatable bonds is 3. The molecule has 0 aromatic rings. The Bertz CT molecular complexity index is 365. The van der Waals surface area contributed by atoms with Crippen molar-refractivity contribution in [2.75, 3.05) is 6.61 Å². The van der Waals surface area contributed by atoms with Crippen molar-refractivity contribution in [3.63, 3.8) is 0 Å². The van der Waals surface area contributed by atoms with Gasteiger partial charge < -0.3 is 30.3 Å². The average molecular weight is 276 g/mol. The first kappa shape index (κ1) is 14.7. The normalized spacial score (nSPS) is 43.6. The van der Waals surface area contributed by atoms with E-state index in [1.165, 1.54) is 0 Å². The van der Waals surface area contributed by atoms with Crippen LogP contribution in [0.4, 0.5) is 0 Å². The lowest BCUT2D eigenvalue weighted by atomic mass is 9.98. The van der Waals surface area contributed by atoms with Gasteiger partial charge in [-0.15, -0.1) is 0 Å². The number of hydrogen-bond acceptors (Lipinski definition) is 9. The first-order valence-corrected chi connectivity index (χ1v) is 5.70. The Morgan fingerprint density at radius 2 is 1.76 bits per heavy atom. The zero-order valence-electron chi connectivity index (χ0n) is 8.24. The highest BCUT2D eigenvalue weighted by Crippen LogP contribution is 2.30. The summed E-state index contributed by atoms with van der Waals surface area (Å²) < 4.78 is 37.2. The lowest BCUT2D eigenvalue weighted by Crippen LogP contribution is -2.66. The molecule has 17 heavy (non-hydrogen) atoms. The lowest BCUT2D eigenvalue weighted by molar-refractivity contribution is -0.422. The molecule has 1 rings (SSSR count). The molecule has 0 spiro atoms. The minimum atomic E-state index is -5.20. The van der Waals surface area contributed by atoms with Crippen LogP contribution in [-0.2, 0) is 19.3 Å². The summed E-state index contributed by atoms with van der Waals surface area (Å²) in [5, 5.41) is 46.0. The van der Waals surface area contributed by atoms with Crippen LogP contribution in [0.3, 0.4) is 0 Å². The van der Waals surface area contributed by atoms with Gasteiger partial charge in [-0.1, -0.05) is 0 Å². The molecule has 0 radical (unpaired) electrons. The van der Waals surface area contributed by atoms with Gasteiger partial charge in [0.25, 0.3) is 0 Å². The molecule has 0 aromatic carbocycles. The van der Waals surface area contributed by atoms with E-state index in [1.807, 2.05) is 0 Å². The van der Waals surface area contributed by atoms with Crippen LogP contribution in [0.5, 0.6) is 0 Å². The van der Waals surface area contributed by atoms with Crippen molar-refractivity contribution in [2.24, 2.45) is 0 Å². The Hall–Kier alpha value is -0.370. The zero-order valence-corrected chi connectivity index (χ0v) is 9.06. The number of hydrogen-bond donors (Lipinski definition) is 6. The van der Waals surface area contributed by atoms with E-state index in [1.54, 1.807) is 0 Å². The van der Waals surface area contributed by atoms with Gasteiger partial charge in [0.15, 0.2) is 6.10 Å². The fraction of sp³-hybridized carbons (Fsp3) is 1.00.